The minimum Gasteiger partial charge on any atom is -0.330 e. The summed E-state index contributed by atoms with van der Waals surface area (Å²) in [4.78, 5) is 20.9. The third-order valence-electron chi connectivity index (χ3n) is 4.84. The lowest BCUT2D eigenvalue weighted by Gasteiger charge is -2.23. The molecule has 0 aliphatic rings. The monoisotopic (exact) mass is 369 g/mol. The van der Waals surface area contributed by atoms with Crippen LogP contribution in [0.5, 0.6) is 0 Å². The van der Waals surface area contributed by atoms with Crippen LogP contribution in [0.3, 0.4) is 0 Å². The number of nitrogens with one attached hydrogen (secondary N) is 2. The Labute approximate surface area is 159 Å². The minimum atomic E-state index is 0.222. The maximum absolute atomic E-state index is 10.5. The largest absolute Gasteiger partial charge is 0.330 e. The zero-order valence-corrected chi connectivity index (χ0v) is 15.9. The van der Waals surface area contributed by atoms with Gasteiger partial charge in [0.1, 0.15) is 0 Å². The van der Waals surface area contributed by atoms with E-state index < -0.39 is 0 Å². The number of hydrogen-bond donors (Lipinski definition) is 3. The van der Waals surface area contributed by atoms with Gasteiger partial charge >= 0.3 is 0 Å². The Morgan fingerprint density at radius 3 is 1.78 bits per heavy atom. The van der Waals surface area contributed by atoms with Gasteiger partial charge in [0.05, 0.1) is 21.9 Å². The Kier molecular flexibility index (Phi) is 7.88. The third kappa shape index (κ3) is 5.59. The van der Waals surface area contributed by atoms with E-state index >= 15 is 0 Å². The fourth-order valence-electron chi connectivity index (χ4n) is 3.53. The standard InChI is InChI=1S/C20H27N5O2/c1-14-12-16(22-24-26)7-9-18(14)20(6-4-3-5-11-21)19-10-8-17(23-25-27)13-15(19)2/h7-10,12-13,20H,3-6,11,21H2,1-2H3,(H,22,26)(H,23,27). The molecule has 0 spiro atoms. The van der Waals surface area contributed by atoms with E-state index in [0.29, 0.717) is 17.9 Å². The fourth-order valence-corrected chi connectivity index (χ4v) is 3.53. The average molecular weight is 369 g/mol. The van der Waals surface area contributed by atoms with Gasteiger partial charge in [-0.2, -0.15) is 0 Å². The van der Waals surface area contributed by atoms with Gasteiger partial charge in [-0.3, -0.25) is 0 Å². The van der Waals surface area contributed by atoms with E-state index in [-0.39, 0.29) is 5.92 Å². The van der Waals surface area contributed by atoms with Gasteiger partial charge in [-0.1, -0.05) is 25.0 Å². The smallest absolute Gasteiger partial charge is 0.0596 e. The zero-order chi connectivity index (χ0) is 19.6. The third-order valence-corrected chi connectivity index (χ3v) is 4.84. The summed E-state index contributed by atoms with van der Waals surface area (Å²) in [5.74, 6) is 0.222. The lowest BCUT2D eigenvalue weighted by atomic mass is 9.82. The summed E-state index contributed by atoms with van der Waals surface area (Å²) in [6.07, 6.45) is 4.19. The molecule has 2 aromatic carbocycles. The van der Waals surface area contributed by atoms with Gasteiger partial charge in [-0.15, -0.1) is 9.81 Å². The number of benzene rings is 2. The average Bonchev–Trinajstić information content (AvgIpc) is 2.64. The van der Waals surface area contributed by atoms with Crippen molar-refractivity contribution >= 4 is 11.4 Å². The molecule has 4 N–H and O–H groups in total. The normalized spacial score (nSPS) is 10.7. The molecule has 7 heteroatoms. The second kappa shape index (κ2) is 10.4. The lowest BCUT2D eigenvalue weighted by Crippen LogP contribution is -2.07. The van der Waals surface area contributed by atoms with Gasteiger partial charge in [0, 0.05) is 5.92 Å². The Morgan fingerprint density at radius 1 is 0.852 bits per heavy atom. The van der Waals surface area contributed by atoms with Gasteiger partial charge in [0.2, 0.25) is 0 Å². The molecule has 0 fully saturated rings. The summed E-state index contributed by atoms with van der Waals surface area (Å²) >= 11 is 0. The number of aryl methyl sites for hydroxylation is 2. The molecule has 27 heavy (non-hydrogen) atoms. The Bertz CT molecular complexity index is 719. The number of hydrogen-bond acceptors (Lipinski definition) is 5. The first-order valence-electron chi connectivity index (χ1n) is 9.18. The molecule has 2 aromatic rings. The number of rotatable bonds is 11. The van der Waals surface area contributed by atoms with Crippen molar-refractivity contribution in [2.75, 3.05) is 17.4 Å². The first-order valence-corrected chi connectivity index (χ1v) is 9.18. The predicted molar refractivity (Wildman–Crippen MR) is 111 cm³/mol. The molecule has 0 saturated carbocycles. The summed E-state index contributed by atoms with van der Waals surface area (Å²) in [6.45, 7) is 4.79. The summed E-state index contributed by atoms with van der Waals surface area (Å²) in [5.41, 5.74) is 16.5. The summed E-state index contributed by atoms with van der Waals surface area (Å²) in [5, 5.41) is 5.48. The van der Waals surface area contributed by atoms with E-state index in [1.165, 1.54) is 11.1 Å². The van der Waals surface area contributed by atoms with Crippen LogP contribution in [0.4, 0.5) is 11.4 Å². The molecule has 0 aliphatic heterocycles. The quantitative estimate of drug-likeness (QED) is 0.289. The van der Waals surface area contributed by atoms with Crippen molar-refractivity contribution in [2.45, 2.75) is 45.4 Å². The highest BCUT2D eigenvalue weighted by molar-refractivity contribution is 5.53. The van der Waals surface area contributed by atoms with Crippen molar-refractivity contribution in [3.05, 3.63) is 68.5 Å². The lowest BCUT2D eigenvalue weighted by molar-refractivity contribution is 0.603. The van der Waals surface area contributed by atoms with E-state index in [4.69, 9.17) is 5.73 Å². The van der Waals surface area contributed by atoms with Crippen molar-refractivity contribution in [1.29, 1.82) is 0 Å². The molecule has 144 valence electrons. The molecule has 0 radical (unpaired) electrons. The molecule has 2 rings (SSSR count). The van der Waals surface area contributed by atoms with E-state index in [0.717, 1.165) is 36.8 Å². The maximum atomic E-state index is 10.5. The molecular formula is C20H27N5O2. The van der Waals surface area contributed by atoms with Crippen LogP contribution in [0.2, 0.25) is 0 Å². The van der Waals surface area contributed by atoms with Crippen LogP contribution in [0, 0.1) is 23.7 Å². The molecule has 7 nitrogen and oxygen atoms in total. The van der Waals surface area contributed by atoms with Crippen molar-refractivity contribution < 1.29 is 0 Å². The van der Waals surface area contributed by atoms with E-state index in [2.05, 4.69) is 33.6 Å². The molecule has 0 heterocycles. The minimum absolute atomic E-state index is 0.222. The topological polar surface area (TPSA) is 109 Å². The number of nitroso groups, excluding NO2 is 2. The second-order valence-electron chi connectivity index (χ2n) is 6.74. The van der Waals surface area contributed by atoms with Gasteiger partial charge in [-0.05, 0) is 79.8 Å². The highest BCUT2D eigenvalue weighted by atomic mass is 16.3. The maximum Gasteiger partial charge on any atom is 0.0596 e. The van der Waals surface area contributed by atoms with E-state index in [1.807, 2.05) is 38.1 Å². The van der Waals surface area contributed by atoms with Gasteiger partial charge < -0.3 is 5.73 Å². The molecule has 0 aliphatic carbocycles. The van der Waals surface area contributed by atoms with Crippen LogP contribution in [0.15, 0.2) is 47.0 Å². The first-order chi connectivity index (χ1) is 13.1. The van der Waals surface area contributed by atoms with Crippen LogP contribution in [-0.4, -0.2) is 6.54 Å². The van der Waals surface area contributed by atoms with Crippen molar-refractivity contribution in [1.82, 2.24) is 0 Å². The van der Waals surface area contributed by atoms with Crippen molar-refractivity contribution in [3.63, 3.8) is 0 Å². The summed E-state index contributed by atoms with van der Waals surface area (Å²) in [6, 6.07) is 11.7. The van der Waals surface area contributed by atoms with Crippen molar-refractivity contribution in [3.8, 4) is 0 Å². The number of anilines is 2. The van der Waals surface area contributed by atoms with Gasteiger partial charge in [0.25, 0.3) is 0 Å². The molecule has 0 amide bonds. The Morgan fingerprint density at radius 2 is 1.37 bits per heavy atom. The predicted octanol–water partition coefficient (Wildman–Crippen LogP) is 5.14. The zero-order valence-electron chi connectivity index (χ0n) is 15.9. The molecule has 0 unspecified atom stereocenters. The van der Waals surface area contributed by atoms with Crippen LogP contribution >= 0.6 is 0 Å². The highest BCUT2D eigenvalue weighted by Gasteiger charge is 2.18. The fraction of sp³-hybridized carbons (Fsp3) is 0.400. The highest BCUT2D eigenvalue weighted by Crippen LogP contribution is 2.35. The van der Waals surface area contributed by atoms with E-state index in [1.54, 1.807) is 0 Å². The Balaban J connectivity index is 2.36. The van der Waals surface area contributed by atoms with Crippen LogP contribution in [0.1, 0.15) is 53.9 Å². The van der Waals surface area contributed by atoms with Crippen LogP contribution in [0.25, 0.3) is 0 Å². The van der Waals surface area contributed by atoms with E-state index in [9.17, 15) is 9.81 Å². The molecule has 0 aromatic heterocycles. The SMILES string of the molecule is Cc1cc(NN=O)ccc1C(CCCCCN)c1ccc(NN=O)cc1C. The summed E-state index contributed by atoms with van der Waals surface area (Å²) < 4.78 is 0. The summed E-state index contributed by atoms with van der Waals surface area (Å²) in [7, 11) is 0. The van der Waals surface area contributed by atoms with Gasteiger partial charge in [-0.25, -0.2) is 10.9 Å². The van der Waals surface area contributed by atoms with Gasteiger partial charge in [0.15, 0.2) is 0 Å². The first kappa shape index (κ1) is 20.5. The number of nitrogens with two attached hydrogens (primary N) is 1. The molecule has 0 bridgehead atoms. The number of nitrogens with zero attached hydrogens (tertiary/aromatic N) is 2. The van der Waals surface area contributed by atoms with Crippen LogP contribution in [-0.2, 0) is 0 Å². The van der Waals surface area contributed by atoms with Crippen molar-refractivity contribution in [2.24, 2.45) is 16.3 Å². The molecule has 0 atom stereocenters. The number of unbranched alkanes of at least 4 members (excludes halogenated alkanes) is 2. The molecular weight excluding hydrogens is 342 g/mol. The van der Waals surface area contributed by atoms with Crippen LogP contribution < -0.4 is 16.6 Å². The second-order valence-corrected chi connectivity index (χ2v) is 6.74. The Hall–Kier alpha value is -2.80. The molecule has 0 saturated heterocycles.